The molecular formula is C13H11N3OS. The van der Waals surface area contributed by atoms with E-state index >= 15 is 0 Å². The maximum atomic E-state index is 12.0. The van der Waals surface area contributed by atoms with Crippen LogP contribution in [0.15, 0.2) is 41.1 Å². The SMILES string of the molecule is Nc1ccc2[nH]c(C(=O)Nc3ccsc3)cc2c1. The molecule has 0 radical (unpaired) electrons. The zero-order valence-corrected chi connectivity index (χ0v) is 10.3. The van der Waals surface area contributed by atoms with Gasteiger partial charge in [-0.15, -0.1) is 0 Å². The summed E-state index contributed by atoms with van der Waals surface area (Å²) in [6.07, 6.45) is 0. The predicted octanol–water partition coefficient (Wildman–Crippen LogP) is 3.06. The molecule has 0 saturated carbocycles. The summed E-state index contributed by atoms with van der Waals surface area (Å²) in [5.41, 5.74) is 8.63. The molecule has 0 aliphatic heterocycles. The molecule has 4 nitrogen and oxygen atoms in total. The minimum absolute atomic E-state index is 0.150. The Kier molecular flexibility index (Phi) is 2.53. The Morgan fingerprint density at radius 3 is 2.94 bits per heavy atom. The van der Waals surface area contributed by atoms with Gasteiger partial charge in [-0.05, 0) is 35.7 Å². The van der Waals surface area contributed by atoms with Crippen LogP contribution in [0.3, 0.4) is 0 Å². The van der Waals surface area contributed by atoms with Crippen LogP contribution >= 0.6 is 11.3 Å². The quantitative estimate of drug-likeness (QED) is 0.617. The second kappa shape index (κ2) is 4.19. The van der Waals surface area contributed by atoms with E-state index in [2.05, 4.69) is 10.3 Å². The van der Waals surface area contributed by atoms with Crippen LogP contribution < -0.4 is 11.1 Å². The van der Waals surface area contributed by atoms with Crippen molar-refractivity contribution in [3.8, 4) is 0 Å². The van der Waals surface area contributed by atoms with Gasteiger partial charge in [-0.2, -0.15) is 11.3 Å². The van der Waals surface area contributed by atoms with Crippen molar-refractivity contribution in [3.05, 3.63) is 46.8 Å². The standard InChI is InChI=1S/C13H11N3OS/c14-9-1-2-11-8(5-9)6-12(16-11)13(17)15-10-3-4-18-7-10/h1-7,16H,14H2,(H,15,17). The highest BCUT2D eigenvalue weighted by atomic mass is 32.1. The third kappa shape index (κ3) is 1.96. The second-order valence-corrected chi connectivity index (χ2v) is 4.78. The smallest absolute Gasteiger partial charge is 0.272 e. The highest BCUT2D eigenvalue weighted by Gasteiger charge is 2.09. The van der Waals surface area contributed by atoms with Gasteiger partial charge in [-0.1, -0.05) is 0 Å². The number of nitrogens with one attached hydrogen (secondary N) is 2. The molecule has 0 fully saturated rings. The van der Waals surface area contributed by atoms with Crippen LogP contribution in [0.5, 0.6) is 0 Å². The molecule has 0 aliphatic carbocycles. The van der Waals surface area contributed by atoms with Gasteiger partial charge in [-0.3, -0.25) is 4.79 Å². The molecule has 0 bridgehead atoms. The number of fused-ring (bicyclic) bond motifs is 1. The minimum Gasteiger partial charge on any atom is -0.399 e. The zero-order chi connectivity index (χ0) is 12.5. The number of thiophene rings is 1. The van der Waals surface area contributed by atoms with Gasteiger partial charge in [0.05, 0.1) is 5.69 Å². The van der Waals surface area contributed by atoms with Gasteiger partial charge in [0.2, 0.25) is 0 Å². The number of hydrogen-bond acceptors (Lipinski definition) is 3. The van der Waals surface area contributed by atoms with Gasteiger partial charge < -0.3 is 16.0 Å². The number of nitrogens with two attached hydrogens (primary N) is 1. The molecule has 0 spiro atoms. The van der Waals surface area contributed by atoms with E-state index < -0.39 is 0 Å². The van der Waals surface area contributed by atoms with E-state index in [1.807, 2.05) is 29.0 Å². The van der Waals surface area contributed by atoms with Crippen LogP contribution in [0.25, 0.3) is 10.9 Å². The number of nitrogen functional groups attached to an aromatic ring is 1. The van der Waals surface area contributed by atoms with Gasteiger partial charge in [0.15, 0.2) is 0 Å². The highest BCUT2D eigenvalue weighted by Crippen LogP contribution is 2.19. The van der Waals surface area contributed by atoms with E-state index in [0.717, 1.165) is 16.6 Å². The molecule has 0 unspecified atom stereocenters. The number of benzene rings is 1. The number of aromatic nitrogens is 1. The molecule has 18 heavy (non-hydrogen) atoms. The van der Waals surface area contributed by atoms with Crippen molar-refractivity contribution in [1.29, 1.82) is 0 Å². The Balaban J connectivity index is 1.92. The van der Waals surface area contributed by atoms with E-state index in [0.29, 0.717) is 11.4 Å². The maximum Gasteiger partial charge on any atom is 0.272 e. The van der Waals surface area contributed by atoms with Crippen molar-refractivity contribution < 1.29 is 4.79 Å². The number of carbonyl (C=O) groups is 1. The van der Waals surface area contributed by atoms with Crippen molar-refractivity contribution in [2.75, 3.05) is 11.1 Å². The molecule has 90 valence electrons. The number of aromatic amines is 1. The van der Waals surface area contributed by atoms with Crippen LogP contribution in [0, 0.1) is 0 Å². The summed E-state index contributed by atoms with van der Waals surface area (Å²) in [5.74, 6) is -0.150. The van der Waals surface area contributed by atoms with E-state index in [9.17, 15) is 4.79 Å². The largest absolute Gasteiger partial charge is 0.399 e. The molecule has 0 saturated heterocycles. The lowest BCUT2D eigenvalue weighted by atomic mass is 10.2. The number of hydrogen-bond donors (Lipinski definition) is 3. The summed E-state index contributed by atoms with van der Waals surface area (Å²) >= 11 is 1.54. The predicted molar refractivity (Wildman–Crippen MR) is 75.0 cm³/mol. The second-order valence-electron chi connectivity index (χ2n) is 4.00. The number of rotatable bonds is 2. The fourth-order valence-corrected chi connectivity index (χ4v) is 2.40. The topological polar surface area (TPSA) is 70.9 Å². The first kappa shape index (κ1) is 10.9. The first-order chi connectivity index (χ1) is 8.72. The molecule has 4 N–H and O–H groups in total. The summed E-state index contributed by atoms with van der Waals surface area (Å²) in [6, 6.07) is 9.18. The fraction of sp³-hybridized carbons (Fsp3) is 0. The summed E-state index contributed by atoms with van der Waals surface area (Å²) in [6.45, 7) is 0. The average Bonchev–Trinajstić information content (AvgIpc) is 2.96. The van der Waals surface area contributed by atoms with Crippen LogP contribution in [-0.4, -0.2) is 10.9 Å². The van der Waals surface area contributed by atoms with Gasteiger partial charge in [-0.25, -0.2) is 0 Å². The van der Waals surface area contributed by atoms with E-state index in [-0.39, 0.29) is 5.91 Å². The summed E-state index contributed by atoms with van der Waals surface area (Å²) in [7, 11) is 0. The first-order valence-corrected chi connectivity index (χ1v) is 6.38. The molecule has 2 aromatic heterocycles. The summed E-state index contributed by atoms with van der Waals surface area (Å²) in [4.78, 5) is 15.1. The van der Waals surface area contributed by atoms with Gasteiger partial charge >= 0.3 is 0 Å². The van der Waals surface area contributed by atoms with Crippen molar-refractivity contribution in [1.82, 2.24) is 4.98 Å². The molecule has 1 aromatic carbocycles. The fourth-order valence-electron chi connectivity index (χ4n) is 1.81. The summed E-state index contributed by atoms with van der Waals surface area (Å²) < 4.78 is 0. The monoisotopic (exact) mass is 257 g/mol. The van der Waals surface area contributed by atoms with Crippen LogP contribution in [-0.2, 0) is 0 Å². The Morgan fingerprint density at radius 2 is 2.17 bits per heavy atom. The van der Waals surface area contributed by atoms with Crippen molar-refractivity contribution in [2.24, 2.45) is 0 Å². The highest BCUT2D eigenvalue weighted by molar-refractivity contribution is 7.08. The Hall–Kier alpha value is -2.27. The minimum atomic E-state index is -0.150. The number of amides is 1. The van der Waals surface area contributed by atoms with Crippen molar-refractivity contribution >= 4 is 39.5 Å². The lowest BCUT2D eigenvalue weighted by Gasteiger charge is -1.99. The molecule has 0 atom stereocenters. The average molecular weight is 257 g/mol. The first-order valence-electron chi connectivity index (χ1n) is 5.44. The van der Waals surface area contributed by atoms with Gasteiger partial charge in [0, 0.05) is 22.0 Å². The van der Waals surface area contributed by atoms with Crippen LogP contribution in [0.2, 0.25) is 0 Å². The van der Waals surface area contributed by atoms with E-state index in [1.165, 1.54) is 0 Å². The Labute approximate surface area is 107 Å². The molecule has 0 aliphatic rings. The van der Waals surface area contributed by atoms with Crippen molar-refractivity contribution in [2.45, 2.75) is 0 Å². The van der Waals surface area contributed by atoms with E-state index in [1.54, 1.807) is 23.5 Å². The van der Waals surface area contributed by atoms with E-state index in [4.69, 9.17) is 5.73 Å². The number of carbonyl (C=O) groups excluding carboxylic acids is 1. The maximum absolute atomic E-state index is 12.0. The van der Waals surface area contributed by atoms with Gasteiger partial charge in [0.25, 0.3) is 5.91 Å². The lowest BCUT2D eigenvalue weighted by molar-refractivity contribution is 0.102. The van der Waals surface area contributed by atoms with Crippen molar-refractivity contribution in [3.63, 3.8) is 0 Å². The molecule has 1 amide bonds. The van der Waals surface area contributed by atoms with Crippen LogP contribution in [0.1, 0.15) is 10.5 Å². The molecule has 2 heterocycles. The van der Waals surface area contributed by atoms with Crippen LogP contribution in [0.4, 0.5) is 11.4 Å². The van der Waals surface area contributed by atoms with Gasteiger partial charge in [0.1, 0.15) is 5.69 Å². The summed E-state index contributed by atoms with van der Waals surface area (Å²) in [5, 5.41) is 7.56. The number of anilines is 2. The Bertz CT molecular complexity index is 700. The third-order valence-electron chi connectivity index (χ3n) is 2.67. The number of H-pyrrole nitrogens is 1. The Morgan fingerprint density at radius 1 is 1.28 bits per heavy atom. The lowest BCUT2D eigenvalue weighted by Crippen LogP contribution is -2.11. The zero-order valence-electron chi connectivity index (χ0n) is 9.44. The molecule has 3 aromatic rings. The molecule has 5 heteroatoms. The molecular weight excluding hydrogens is 246 g/mol. The third-order valence-corrected chi connectivity index (χ3v) is 3.35. The normalized spacial score (nSPS) is 10.7. The molecule has 3 rings (SSSR count).